The number of hydrogen-bond acceptors (Lipinski definition) is 5. The molecule has 1 unspecified atom stereocenters. The number of nitrogens with zero attached hydrogens (tertiary/aromatic N) is 3. The predicted octanol–water partition coefficient (Wildman–Crippen LogP) is 3.35. The summed E-state index contributed by atoms with van der Waals surface area (Å²) in [5, 5.41) is 7.21. The summed E-state index contributed by atoms with van der Waals surface area (Å²) >= 11 is 0. The van der Waals surface area contributed by atoms with Crippen molar-refractivity contribution in [2.24, 2.45) is 10.7 Å². The molecule has 1 aromatic heterocycles. The molecule has 2 aromatic carbocycles. The summed E-state index contributed by atoms with van der Waals surface area (Å²) in [4.78, 5) is 19.1. The molecule has 0 aliphatic carbocycles. The van der Waals surface area contributed by atoms with Gasteiger partial charge >= 0.3 is 0 Å². The Balaban J connectivity index is 1.77. The lowest BCUT2D eigenvalue weighted by molar-refractivity contribution is 0.103. The maximum Gasteiger partial charge on any atom is 0.193 e. The predicted molar refractivity (Wildman–Crippen MR) is 119 cm³/mol. The standard InChI is InChI=1S/C23H27N5O2/c1-16(21-20(15-30-27-21)26-23(24)25-12-13-28(2)3)18-10-7-11-19(14-18)22(29)17-8-5-4-6-9-17/h4-11,14-16H,12-13H2,1-3H3,(H3,24,25,26). The SMILES string of the molecule is CC(c1cccc(C(=O)c2ccccc2)c1)c1nocc1NC(N)=NCCN(C)C. The van der Waals surface area contributed by atoms with Crippen LogP contribution in [0.15, 0.2) is 70.4 Å². The number of hydrogen-bond donors (Lipinski definition) is 2. The summed E-state index contributed by atoms with van der Waals surface area (Å²) in [7, 11) is 3.96. The number of carbonyl (C=O) groups is 1. The van der Waals surface area contributed by atoms with Crippen molar-refractivity contribution in [1.29, 1.82) is 0 Å². The average Bonchev–Trinajstić information content (AvgIpc) is 3.21. The molecule has 156 valence electrons. The number of benzene rings is 2. The van der Waals surface area contributed by atoms with Crippen LogP contribution >= 0.6 is 0 Å². The number of nitrogens with one attached hydrogen (secondary N) is 1. The molecule has 7 heteroatoms. The highest BCUT2D eigenvalue weighted by Gasteiger charge is 2.19. The monoisotopic (exact) mass is 405 g/mol. The van der Waals surface area contributed by atoms with Gasteiger partial charge in [-0.15, -0.1) is 0 Å². The van der Waals surface area contributed by atoms with Gasteiger partial charge in [-0.1, -0.05) is 60.6 Å². The Bertz CT molecular complexity index is 1010. The Hall–Kier alpha value is -3.45. The first-order chi connectivity index (χ1) is 14.5. The zero-order valence-electron chi connectivity index (χ0n) is 17.5. The van der Waals surface area contributed by atoms with Crippen molar-refractivity contribution in [1.82, 2.24) is 10.1 Å². The van der Waals surface area contributed by atoms with Crippen molar-refractivity contribution in [2.75, 3.05) is 32.5 Å². The third-order valence-corrected chi connectivity index (χ3v) is 4.78. The van der Waals surface area contributed by atoms with Crippen molar-refractivity contribution in [2.45, 2.75) is 12.8 Å². The van der Waals surface area contributed by atoms with Gasteiger partial charge in [0.1, 0.15) is 17.6 Å². The Morgan fingerprint density at radius 3 is 2.63 bits per heavy atom. The van der Waals surface area contributed by atoms with Gasteiger partial charge in [-0.25, -0.2) is 0 Å². The fraction of sp³-hybridized carbons (Fsp3) is 0.261. The van der Waals surface area contributed by atoms with Crippen LogP contribution in [-0.4, -0.2) is 49.0 Å². The zero-order valence-corrected chi connectivity index (χ0v) is 17.5. The fourth-order valence-electron chi connectivity index (χ4n) is 3.06. The van der Waals surface area contributed by atoms with Crippen LogP contribution in [0.1, 0.15) is 40.0 Å². The highest BCUT2D eigenvalue weighted by atomic mass is 16.5. The largest absolute Gasteiger partial charge is 0.370 e. The van der Waals surface area contributed by atoms with Crippen molar-refractivity contribution in [3.63, 3.8) is 0 Å². The Kier molecular flexibility index (Phi) is 6.98. The normalized spacial score (nSPS) is 12.7. The molecular formula is C23H27N5O2. The van der Waals surface area contributed by atoms with Crippen LogP contribution < -0.4 is 11.1 Å². The molecule has 0 saturated heterocycles. The molecule has 0 bridgehead atoms. The minimum absolute atomic E-state index is 0.0135. The minimum atomic E-state index is -0.107. The maximum atomic E-state index is 12.8. The molecule has 0 amide bonds. The molecule has 0 fully saturated rings. The first-order valence-corrected chi connectivity index (χ1v) is 9.81. The molecule has 30 heavy (non-hydrogen) atoms. The van der Waals surface area contributed by atoms with E-state index in [1.807, 2.05) is 80.5 Å². The molecule has 7 nitrogen and oxygen atoms in total. The number of aromatic nitrogens is 1. The highest BCUT2D eigenvalue weighted by molar-refractivity contribution is 6.09. The number of rotatable bonds is 8. The van der Waals surface area contributed by atoms with E-state index in [0.717, 1.165) is 12.1 Å². The average molecular weight is 406 g/mol. The van der Waals surface area contributed by atoms with Crippen molar-refractivity contribution >= 4 is 17.4 Å². The molecule has 1 heterocycles. The molecule has 0 spiro atoms. The Morgan fingerprint density at radius 2 is 1.90 bits per heavy atom. The van der Waals surface area contributed by atoms with Gasteiger partial charge in [0.15, 0.2) is 11.7 Å². The number of nitrogens with two attached hydrogens (primary N) is 1. The summed E-state index contributed by atoms with van der Waals surface area (Å²) in [6, 6.07) is 16.8. The van der Waals surface area contributed by atoms with E-state index >= 15 is 0 Å². The molecule has 3 N–H and O–H groups in total. The van der Waals surface area contributed by atoms with E-state index in [1.54, 1.807) is 0 Å². The highest BCUT2D eigenvalue weighted by Crippen LogP contribution is 2.29. The summed E-state index contributed by atoms with van der Waals surface area (Å²) in [6.07, 6.45) is 1.51. The quantitative estimate of drug-likeness (QED) is 0.339. The minimum Gasteiger partial charge on any atom is -0.370 e. The van der Waals surface area contributed by atoms with Gasteiger partial charge in [0.25, 0.3) is 0 Å². The Morgan fingerprint density at radius 1 is 1.17 bits per heavy atom. The third kappa shape index (κ3) is 5.33. The number of anilines is 1. The van der Waals surface area contributed by atoms with Gasteiger partial charge in [-0.05, 0) is 25.7 Å². The van der Waals surface area contributed by atoms with Gasteiger partial charge in [0.2, 0.25) is 0 Å². The van der Waals surface area contributed by atoms with Gasteiger partial charge in [0, 0.05) is 23.6 Å². The van der Waals surface area contributed by atoms with Crippen LogP contribution in [0.25, 0.3) is 0 Å². The summed E-state index contributed by atoms with van der Waals surface area (Å²) < 4.78 is 5.18. The molecule has 1 atom stereocenters. The van der Waals surface area contributed by atoms with Gasteiger partial charge in [-0.2, -0.15) is 0 Å². The lowest BCUT2D eigenvalue weighted by atomic mass is 9.93. The van der Waals surface area contributed by atoms with E-state index in [9.17, 15) is 4.79 Å². The molecule has 0 aliphatic heterocycles. The maximum absolute atomic E-state index is 12.8. The lowest BCUT2D eigenvalue weighted by Gasteiger charge is -2.13. The zero-order chi connectivity index (χ0) is 21.5. The number of likely N-dealkylation sites (N-methyl/N-ethyl adjacent to an activating group) is 1. The third-order valence-electron chi connectivity index (χ3n) is 4.78. The van der Waals surface area contributed by atoms with Crippen molar-refractivity contribution in [3.05, 3.63) is 83.2 Å². The molecule has 3 rings (SSSR count). The van der Waals surface area contributed by atoms with E-state index in [-0.39, 0.29) is 11.7 Å². The van der Waals surface area contributed by atoms with E-state index in [1.165, 1.54) is 6.26 Å². The second-order valence-corrected chi connectivity index (χ2v) is 7.35. The van der Waals surface area contributed by atoms with Gasteiger partial charge in [0.05, 0.1) is 6.54 Å². The van der Waals surface area contributed by atoms with E-state index in [0.29, 0.717) is 35.0 Å². The molecule has 3 aromatic rings. The van der Waals surface area contributed by atoms with E-state index in [4.69, 9.17) is 10.3 Å². The first kappa shape index (κ1) is 21.3. The van der Waals surface area contributed by atoms with Crippen molar-refractivity contribution in [3.8, 4) is 0 Å². The number of ketones is 1. The summed E-state index contributed by atoms with van der Waals surface area (Å²) in [6.45, 7) is 3.40. The van der Waals surface area contributed by atoms with Crippen molar-refractivity contribution < 1.29 is 9.32 Å². The van der Waals surface area contributed by atoms with Gasteiger partial charge < -0.3 is 20.5 Å². The Labute approximate surface area is 176 Å². The first-order valence-electron chi connectivity index (χ1n) is 9.81. The van der Waals surface area contributed by atoms with Crippen LogP contribution in [0.2, 0.25) is 0 Å². The second-order valence-electron chi connectivity index (χ2n) is 7.35. The summed E-state index contributed by atoms with van der Waals surface area (Å²) in [5.74, 6) is 0.186. The van der Waals surface area contributed by atoms with Gasteiger partial charge in [-0.3, -0.25) is 9.79 Å². The van der Waals surface area contributed by atoms with Crippen LogP contribution in [0.5, 0.6) is 0 Å². The van der Waals surface area contributed by atoms with Crippen LogP contribution in [0.3, 0.4) is 0 Å². The van der Waals surface area contributed by atoms with E-state index in [2.05, 4.69) is 15.5 Å². The summed E-state index contributed by atoms with van der Waals surface area (Å²) in [5.41, 5.74) is 9.60. The molecule has 0 aliphatic rings. The van der Waals surface area contributed by atoms with Crippen LogP contribution in [0, 0.1) is 0 Å². The molecule has 0 saturated carbocycles. The van der Waals surface area contributed by atoms with E-state index < -0.39 is 0 Å². The van der Waals surface area contributed by atoms with Crippen LogP contribution in [-0.2, 0) is 0 Å². The number of aliphatic imine (C=N–C) groups is 1. The topological polar surface area (TPSA) is 96.8 Å². The molecule has 0 radical (unpaired) electrons. The van der Waals surface area contributed by atoms with Crippen LogP contribution in [0.4, 0.5) is 5.69 Å². The second kappa shape index (κ2) is 9.84. The number of carbonyl (C=O) groups excluding carboxylic acids is 1. The smallest absolute Gasteiger partial charge is 0.193 e. The fourth-order valence-corrected chi connectivity index (χ4v) is 3.06. The number of guanidine groups is 1. The molecular weight excluding hydrogens is 378 g/mol. The lowest BCUT2D eigenvalue weighted by Crippen LogP contribution is -2.25.